The zero-order chi connectivity index (χ0) is 20.9. The van der Waals surface area contributed by atoms with E-state index in [1.165, 1.54) is 0 Å². The van der Waals surface area contributed by atoms with Crippen LogP contribution in [0, 0.1) is 0 Å². The smallest absolute Gasteiger partial charge is 0.355 e. The van der Waals surface area contributed by atoms with Gasteiger partial charge in [-0.25, -0.2) is 9.59 Å². The Balaban J connectivity index is 2.04. The zero-order valence-electron chi connectivity index (χ0n) is 17.2. The van der Waals surface area contributed by atoms with E-state index in [-0.39, 0.29) is 0 Å². The highest BCUT2D eigenvalue weighted by molar-refractivity contribution is 5.90. The van der Waals surface area contributed by atoms with Crippen molar-refractivity contribution in [3.63, 3.8) is 0 Å². The molecule has 0 amide bonds. The van der Waals surface area contributed by atoms with Crippen molar-refractivity contribution < 1.29 is 23.8 Å². The Morgan fingerprint density at radius 3 is 1.41 bits per heavy atom. The van der Waals surface area contributed by atoms with E-state index in [4.69, 9.17) is 14.2 Å². The largest absolute Gasteiger partial charge is 0.479 e. The van der Waals surface area contributed by atoms with Gasteiger partial charge in [0.25, 0.3) is 0 Å². The molecule has 2 rings (SSSR count). The summed E-state index contributed by atoms with van der Waals surface area (Å²) in [5.74, 6) is -0.210. The van der Waals surface area contributed by atoms with Crippen LogP contribution in [0.3, 0.4) is 0 Å². The summed E-state index contributed by atoms with van der Waals surface area (Å²) in [6, 6.07) is 18.2. The fraction of sp³-hybridized carbons (Fsp3) is 0.417. The van der Waals surface area contributed by atoms with E-state index >= 15 is 0 Å². The summed E-state index contributed by atoms with van der Waals surface area (Å²) in [7, 11) is 0. The number of esters is 2. The highest BCUT2D eigenvalue weighted by Gasteiger charge is 2.29. The van der Waals surface area contributed by atoms with Gasteiger partial charge in [0.15, 0.2) is 12.2 Å². The van der Waals surface area contributed by atoms with Crippen molar-refractivity contribution in [1.82, 2.24) is 0 Å². The molecule has 2 aromatic rings. The molecule has 0 aliphatic rings. The van der Waals surface area contributed by atoms with Crippen LogP contribution < -0.4 is 9.47 Å². The van der Waals surface area contributed by atoms with E-state index in [1.54, 1.807) is 24.3 Å². The second kappa shape index (κ2) is 12.6. The highest BCUT2D eigenvalue weighted by atomic mass is 16.6. The first-order valence-electron chi connectivity index (χ1n) is 10.3. The SMILES string of the molecule is CCCCC(Oc1ccccc1)C(=O)OC(=O)C(CCCC)Oc1ccccc1. The molecule has 0 aliphatic heterocycles. The van der Waals surface area contributed by atoms with E-state index in [0.29, 0.717) is 24.3 Å². The lowest BCUT2D eigenvalue weighted by molar-refractivity contribution is -0.170. The number of unbranched alkanes of at least 4 members (excludes halogenated alkanes) is 2. The molecule has 0 fully saturated rings. The van der Waals surface area contributed by atoms with Crippen LogP contribution in [0.1, 0.15) is 52.4 Å². The highest BCUT2D eigenvalue weighted by Crippen LogP contribution is 2.18. The van der Waals surface area contributed by atoms with Gasteiger partial charge in [0.1, 0.15) is 11.5 Å². The maximum Gasteiger partial charge on any atom is 0.355 e. The number of carbonyl (C=O) groups is 2. The van der Waals surface area contributed by atoms with Crippen molar-refractivity contribution in [2.24, 2.45) is 0 Å². The molecule has 0 saturated carbocycles. The summed E-state index contributed by atoms with van der Waals surface area (Å²) in [6.07, 6.45) is 2.71. The first kappa shape index (κ1) is 22.5. The molecule has 2 unspecified atom stereocenters. The van der Waals surface area contributed by atoms with Gasteiger partial charge in [-0.3, -0.25) is 0 Å². The van der Waals surface area contributed by atoms with Gasteiger partial charge < -0.3 is 14.2 Å². The molecule has 0 N–H and O–H groups in total. The van der Waals surface area contributed by atoms with Crippen LogP contribution in [-0.4, -0.2) is 24.1 Å². The van der Waals surface area contributed by atoms with Gasteiger partial charge in [-0.15, -0.1) is 0 Å². The first-order chi connectivity index (χ1) is 14.1. The second-order valence-corrected chi connectivity index (χ2v) is 6.86. The predicted octanol–water partition coefficient (Wildman–Crippen LogP) is 5.33. The molecule has 5 nitrogen and oxygen atoms in total. The molecule has 0 radical (unpaired) electrons. The molecule has 2 aromatic carbocycles. The summed E-state index contributed by atoms with van der Waals surface area (Å²) in [4.78, 5) is 25.3. The Kier molecular flexibility index (Phi) is 9.76. The minimum Gasteiger partial charge on any atom is -0.479 e. The van der Waals surface area contributed by atoms with Crippen LogP contribution in [0.4, 0.5) is 0 Å². The van der Waals surface area contributed by atoms with Crippen molar-refractivity contribution in [1.29, 1.82) is 0 Å². The standard InChI is InChI=1S/C24H30O5/c1-3-5-17-21(27-19-13-9-7-10-14-19)23(25)29-24(26)22(18-6-4-2)28-20-15-11-8-12-16-20/h7-16,21-22H,3-6,17-18H2,1-2H3. The minimum absolute atomic E-state index is 0.483. The van der Waals surface area contributed by atoms with Gasteiger partial charge in [-0.05, 0) is 49.9 Å². The third-order valence-electron chi connectivity index (χ3n) is 4.41. The van der Waals surface area contributed by atoms with Crippen LogP contribution in [0.2, 0.25) is 0 Å². The lowest BCUT2D eigenvalue weighted by Crippen LogP contribution is -2.37. The predicted molar refractivity (Wildman–Crippen MR) is 112 cm³/mol. The molecule has 0 saturated heterocycles. The van der Waals surface area contributed by atoms with Gasteiger partial charge in [0.05, 0.1) is 0 Å². The Labute approximate surface area is 173 Å². The van der Waals surface area contributed by atoms with E-state index in [0.717, 1.165) is 25.7 Å². The van der Waals surface area contributed by atoms with Crippen LogP contribution >= 0.6 is 0 Å². The van der Waals surface area contributed by atoms with Crippen LogP contribution in [0.5, 0.6) is 11.5 Å². The monoisotopic (exact) mass is 398 g/mol. The van der Waals surface area contributed by atoms with E-state index in [2.05, 4.69) is 0 Å². The van der Waals surface area contributed by atoms with E-state index in [1.807, 2.05) is 50.2 Å². The summed E-state index contributed by atoms with van der Waals surface area (Å²) in [6.45, 7) is 4.06. The number of ether oxygens (including phenoxy) is 3. The number of rotatable bonds is 12. The molecular weight excluding hydrogens is 368 g/mol. The summed E-state index contributed by atoms with van der Waals surface area (Å²) >= 11 is 0. The maximum absolute atomic E-state index is 12.7. The lowest BCUT2D eigenvalue weighted by Gasteiger charge is -2.20. The van der Waals surface area contributed by atoms with E-state index < -0.39 is 24.1 Å². The molecule has 0 spiro atoms. The molecule has 0 aliphatic carbocycles. The molecular formula is C24H30O5. The maximum atomic E-state index is 12.7. The fourth-order valence-electron chi connectivity index (χ4n) is 2.79. The molecule has 0 heterocycles. The topological polar surface area (TPSA) is 61.8 Å². The van der Waals surface area contributed by atoms with Gasteiger partial charge in [-0.2, -0.15) is 0 Å². The van der Waals surface area contributed by atoms with Crippen LogP contribution in [-0.2, 0) is 14.3 Å². The minimum atomic E-state index is -0.829. The number of carbonyl (C=O) groups excluding carboxylic acids is 2. The summed E-state index contributed by atoms with van der Waals surface area (Å²) in [5, 5.41) is 0. The molecule has 2 atom stereocenters. The number of benzene rings is 2. The zero-order valence-corrected chi connectivity index (χ0v) is 17.2. The van der Waals surface area contributed by atoms with Crippen molar-refractivity contribution in [3.05, 3.63) is 60.7 Å². The second-order valence-electron chi connectivity index (χ2n) is 6.86. The van der Waals surface area contributed by atoms with Crippen molar-refractivity contribution >= 4 is 11.9 Å². The Morgan fingerprint density at radius 1 is 0.690 bits per heavy atom. The normalized spacial score (nSPS) is 12.6. The third-order valence-corrected chi connectivity index (χ3v) is 4.41. The number of hydrogen-bond donors (Lipinski definition) is 0. The Hall–Kier alpha value is -2.82. The lowest BCUT2D eigenvalue weighted by atomic mass is 10.1. The Morgan fingerprint density at radius 2 is 1.07 bits per heavy atom. The number of para-hydroxylation sites is 2. The third kappa shape index (κ3) is 7.98. The van der Waals surface area contributed by atoms with Gasteiger partial charge in [-0.1, -0.05) is 63.1 Å². The summed E-state index contributed by atoms with van der Waals surface area (Å²) < 4.78 is 16.8. The van der Waals surface area contributed by atoms with Gasteiger partial charge >= 0.3 is 11.9 Å². The molecule has 5 heteroatoms. The fourth-order valence-corrected chi connectivity index (χ4v) is 2.79. The average Bonchev–Trinajstić information content (AvgIpc) is 2.75. The average molecular weight is 398 g/mol. The van der Waals surface area contributed by atoms with Crippen LogP contribution in [0.15, 0.2) is 60.7 Å². The van der Waals surface area contributed by atoms with Crippen molar-refractivity contribution in [3.8, 4) is 11.5 Å². The molecule has 0 aromatic heterocycles. The van der Waals surface area contributed by atoms with Gasteiger partial charge in [0.2, 0.25) is 0 Å². The van der Waals surface area contributed by atoms with E-state index in [9.17, 15) is 9.59 Å². The van der Waals surface area contributed by atoms with Crippen molar-refractivity contribution in [2.75, 3.05) is 0 Å². The molecule has 156 valence electrons. The summed E-state index contributed by atoms with van der Waals surface area (Å²) in [5.41, 5.74) is 0. The quantitative estimate of drug-likeness (QED) is 0.357. The van der Waals surface area contributed by atoms with Gasteiger partial charge in [0, 0.05) is 0 Å². The number of hydrogen-bond acceptors (Lipinski definition) is 5. The Bertz CT molecular complexity index is 666. The first-order valence-corrected chi connectivity index (χ1v) is 10.3. The van der Waals surface area contributed by atoms with Crippen LogP contribution in [0.25, 0.3) is 0 Å². The molecule has 29 heavy (non-hydrogen) atoms. The molecule has 0 bridgehead atoms. The van der Waals surface area contributed by atoms with Crippen molar-refractivity contribution in [2.45, 2.75) is 64.6 Å².